The number of nitrogens with zero attached hydrogens (tertiary/aromatic N) is 1. The van der Waals surface area contributed by atoms with Gasteiger partial charge in [-0.05, 0) is 47.7 Å². The van der Waals surface area contributed by atoms with Crippen LogP contribution < -0.4 is 4.90 Å². The number of ether oxygens (including phenoxy) is 1. The summed E-state index contributed by atoms with van der Waals surface area (Å²) in [6.07, 6.45) is -1.77. The van der Waals surface area contributed by atoms with E-state index in [0.717, 1.165) is 4.90 Å². The maximum absolute atomic E-state index is 13.5. The van der Waals surface area contributed by atoms with Crippen molar-refractivity contribution in [3.05, 3.63) is 27.6 Å². The molecule has 0 aromatic heterocycles. The Morgan fingerprint density at radius 3 is 2.75 bits per heavy atom. The van der Waals surface area contributed by atoms with Crippen LogP contribution in [-0.2, 0) is 14.9 Å². The van der Waals surface area contributed by atoms with Crippen LogP contribution in [0.1, 0.15) is 6.92 Å². The normalized spacial score (nSPS) is 20.9. The van der Waals surface area contributed by atoms with Crippen LogP contribution in [0.15, 0.2) is 18.2 Å². The first-order chi connectivity index (χ1) is 9.20. The molecule has 6 nitrogen and oxygen atoms in total. The third-order valence-electron chi connectivity index (χ3n) is 3.04. The predicted octanol–water partition coefficient (Wildman–Crippen LogP) is 2.03. The van der Waals surface area contributed by atoms with Crippen LogP contribution in [-0.4, -0.2) is 37.0 Å². The second-order valence-electron chi connectivity index (χ2n) is 4.35. The summed E-state index contributed by atoms with van der Waals surface area (Å²) in [5, 5.41) is -1.25. The lowest BCUT2D eigenvalue weighted by Gasteiger charge is -2.15. The molecule has 0 aliphatic carbocycles. The van der Waals surface area contributed by atoms with Gasteiger partial charge in [0, 0.05) is 3.57 Å². The molecular weight excluding hydrogens is 404 g/mol. The lowest BCUT2D eigenvalue weighted by Crippen LogP contribution is -2.34. The van der Waals surface area contributed by atoms with Crippen LogP contribution in [0.2, 0.25) is 0 Å². The molecule has 1 aliphatic heterocycles. The molecule has 1 aromatic carbocycles. The van der Waals surface area contributed by atoms with Gasteiger partial charge in [0.15, 0.2) is 0 Å². The zero-order valence-electron chi connectivity index (χ0n) is 10.3. The third-order valence-corrected chi connectivity index (χ3v) is 5.16. The van der Waals surface area contributed by atoms with Crippen LogP contribution in [0.4, 0.5) is 14.9 Å². The summed E-state index contributed by atoms with van der Waals surface area (Å²) in [6.45, 7) is 1.17. The van der Waals surface area contributed by atoms with Gasteiger partial charge in [0.2, 0.25) is 0 Å². The van der Waals surface area contributed by atoms with Crippen molar-refractivity contribution in [3.63, 3.8) is 0 Å². The fraction of sp³-hybridized carbons (Fsp3) is 0.364. The molecule has 1 fully saturated rings. The Balaban J connectivity index is 2.23. The molecule has 110 valence electrons. The number of amides is 1. The van der Waals surface area contributed by atoms with Crippen LogP contribution in [0.25, 0.3) is 0 Å². The van der Waals surface area contributed by atoms with E-state index in [4.69, 9.17) is 9.29 Å². The molecule has 0 spiro atoms. The summed E-state index contributed by atoms with van der Waals surface area (Å²) < 4.78 is 49.9. The molecule has 20 heavy (non-hydrogen) atoms. The second-order valence-corrected chi connectivity index (χ2v) is 7.29. The SMILES string of the molecule is CC([C@H]1CN(c2ccc(I)c(F)c2)C(=O)O1)S(=O)(=O)O. The van der Waals surface area contributed by atoms with E-state index >= 15 is 0 Å². The van der Waals surface area contributed by atoms with Gasteiger partial charge < -0.3 is 4.74 Å². The first kappa shape index (κ1) is 15.4. The summed E-state index contributed by atoms with van der Waals surface area (Å²) in [7, 11) is -4.31. The van der Waals surface area contributed by atoms with Crippen LogP contribution in [0.3, 0.4) is 0 Å². The number of carbonyl (C=O) groups is 1. The Morgan fingerprint density at radius 2 is 2.20 bits per heavy atom. The maximum atomic E-state index is 13.5. The molecule has 9 heteroatoms. The van der Waals surface area contributed by atoms with E-state index in [9.17, 15) is 17.6 Å². The Bertz CT molecular complexity index is 650. The molecule has 2 rings (SSSR count). The minimum Gasteiger partial charge on any atom is -0.442 e. The van der Waals surface area contributed by atoms with Gasteiger partial charge in [-0.1, -0.05) is 0 Å². The minimum absolute atomic E-state index is 0.0696. The van der Waals surface area contributed by atoms with E-state index in [0.29, 0.717) is 3.57 Å². The predicted molar refractivity (Wildman–Crippen MR) is 77.7 cm³/mol. The molecule has 0 bridgehead atoms. The summed E-state index contributed by atoms with van der Waals surface area (Å²) in [5.41, 5.74) is 0.276. The molecule has 1 aromatic rings. The average molecular weight is 415 g/mol. The molecule has 2 atom stereocenters. The quantitative estimate of drug-likeness (QED) is 0.604. The van der Waals surface area contributed by atoms with Crippen molar-refractivity contribution in [2.75, 3.05) is 11.4 Å². The number of hydrogen-bond donors (Lipinski definition) is 1. The molecule has 1 N–H and O–H groups in total. The van der Waals surface area contributed by atoms with E-state index in [2.05, 4.69) is 0 Å². The van der Waals surface area contributed by atoms with Crippen LogP contribution >= 0.6 is 22.6 Å². The molecule has 1 unspecified atom stereocenters. The highest BCUT2D eigenvalue weighted by Gasteiger charge is 2.40. The number of halogens is 2. The van der Waals surface area contributed by atoms with Gasteiger partial charge in [0.1, 0.15) is 17.2 Å². The highest BCUT2D eigenvalue weighted by atomic mass is 127. The van der Waals surface area contributed by atoms with Gasteiger partial charge in [-0.3, -0.25) is 9.45 Å². The van der Waals surface area contributed by atoms with E-state index in [1.165, 1.54) is 25.1 Å². The number of carbonyl (C=O) groups excluding carboxylic acids is 1. The number of anilines is 1. The van der Waals surface area contributed by atoms with E-state index < -0.39 is 33.4 Å². The highest BCUT2D eigenvalue weighted by molar-refractivity contribution is 14.1. The maximum Gasteiger partial charge on any atom is 0.414 e. The van der Waals surface area contributed by atoms with Crippen LogP contribution in [0, 0.1) is 9.39 Å². The standard InChI is InChI=1S/C11H11FINO5S/c1-6(20(16,17)18)10-5-14(11(15)19-10)7-2-3-9(13)8(12)4-7/h2-4,6,10H,5H2,1H3,(H,16,17,18)/t6?,10-/m1/s1. The van der Waals surface area contributed by atoms with Crippen molar-refractivity contribution >= 4 is 44.5 Å². The summed E-state index contributed by atoms with van der Waals surface area (Å²) in [4.78, 5) is 12.8. The molecule has 0 saturated carbocycles. The van der Waals surface area contributed by atoms with Crippen molar-refractivity contribution in [1.29, 1.82) is 0 Å². The van der Waals surface area contributed by atoms with Crippen molar-refractivity contribution in [1.82, 2.24) is 0 Å². The summed E-state index contributed by atoms with van der Waals surface area (Å²) >= 11 is 1.81. The van der Waals surface area contributed by atoms with Crippen molar-refractivity contribution < 1.29 is 26.9 Å². The Kier molecular flexibility index (Phi) is 4.21. The number of benzene rings is 1. The Morgan fingerprint density at radius 1 is 1.55 bits per heavy atom. The number of hydrogen-bond acceptors (Lipinski definition) is 4. The number of rotatable bonds is 3. The lowest BCUT2D eigenvalue weighted by atomic mass is 10.2. The molecule has 1 heterocycles. The fourth-order valence-corrected chi connectivity index (χ4v) is 2.65. The zero-order valence-corrected chi connectivity index (χ0v) is 13.3. The van der Waals surface area contributed by atoms with Gasteiger partial charge in [-0.2, -0.15) is 8.42 Å². The topological polar surface area (TPSA) is 83.9 Å². The van der Waals surface area contributed by atoms with Crippen LogP contribution in [0.5, 0.6) is 0 Å². The van der Waals surface area contributed by atoms with Crippen molar-refractivity contribution in [2.24, 2.45) is 0 Å². The highest BCUT2D eigenvalue weighted by Crippen LogP contribution is 2.26. The van der Waals surface area contributed by atoms with Gasteiger partial charge in [0.25, 0.3) is 10.1 Å². The van der Waals surface area contributed by atoms with E-state index in [1.807, 2.05) is 22.6 Å². The Hall–Kier alpha value is -0.940. The average Bonchev–Trinajstić information content (AvgIpc) is 2.72. The van der Waals surface area contributed by atoms with E-state index in [1.54, 1.807) is 0 Å². The fourth-order valence-electron chi connectivity index (χ4n) is 1.78. The monoisotopic (exact) mass is 415 g/mol. The minimum atomic E-state index is -4.31. The van der Waals surface area contributed by atoms with Gasteiger partial charge in [-0.25, -0.2) is 9.18 Å². The molecular formula is C11H11FINO5S. The van der Waals surface area contributed by atoms with Gasteiger partial charge >= 0.3 is 6.09 Å². The summed E-state index contributed by atoms with van der Waals surface area (Å²) in [5.74, 6) is -0.484. The second kappa shape index (κ2) is 5.45. The smallest absolute Gasteiger partial charge is 0.414 e. The zero-order chi connectivity index (χ0) is 15.1. The van der Waals surface area contributed by atoms with Crippen molar-refractivity contribution in [3.8, 4) is 0 Å². The van der Waals surface area contributed by atoms with Crippen molar-refractivity contribution in [2.45, 2.75) is 18.3 Å². The van der Waals surface area contributed by atoms with E-state index in [-0.39, 0.29) is 12.2 Å². The Labute approximate surface area is 128 Å². The summed E-state index contributed by atoms with van der Waals surface area (Å²) in [6, 6.07) is 4.20. The molecule has 0 radical (unpaired) electrons. The first-order valence-corrected chi connectivity index (χ1v) is 8.18. The molecule has 1 amide bonds. The third kappa shape index (κ3) is 3.04. The largest absolute Gasteiger partial charge is 0.442 e. The molecule has 1 aliphatic rings. The number of cyclic esters (lactones) is 1. The van der Waals surface area contributed by atoms with Gasteiger partial charge in [0.05, 0.1) is 12.2 Å². The lowest BCUT2D eigenvalue weighted by molar-refractivity contribution is 0.139. The molecule has 1 saturated heterocycles. The van der Waals surface area contributed by atoms with Gasteiger partial charge in [-0.15, -0.1) is 0 Å². The first-order valence-electron chi connectivity index (χ1n) is 5.59.